The Morgan fingerprint density at radius 3 is 2.95 bits per heavy atom. The van der Waals surface area contributed by atoms with E-state index in [0.29, 0.717) is 5.69 Å². The molecule has 2 N–H and O–H groups in total. The van der Waals surface area contributed by atoms with Gasteiger partial charge in [-0.25, -0.2) is 0 Å². The van der Waals surface area contributed by atoms with Gasteiger partial charge in [0.15, 0.2) is 0 Å². The Morgan fingerprint density at radius 2 is 2.32 bits per heavy atom. The minimum Gasteiger partial charge on any atom is -0.345 e. The van der Waals surface area contributed by atoms with Crippen LogP contribution in [0.15, 0.2) is 30.6 Å². The van der Waals surface area contributed by atoms with E-state index >= 15 is 0 Å². The number of H-pyrrole nitrogens is 1. The first-order valence-corrected chi connectivity index (χ1v) is 7.04. The Kier molecular flexibility index (Phi) is 3.62. The first kappa shape index (κ1) is 14.2. The number of carbonyl (C=O) groups excluding carboxylic acids is 2. The molecule has 7 nitrogen and oxygen atoms in total. The molecule has 0 radical (unpaired) electrons. The van der Waals surface area contributed by atoms with Gasteiger partial charge in [-0.15, -0.1) is 0 Å². The van der Waals surface area contributed by atoms with Crippen molar-refractivity contribution in [1.82, 2.24) is 25.4 Å². The molecule has 1 aliphatic heterocycles. The molecular formula is C15H17N5O2. The zero-order valence-corrected chi connectivity index (χ0v) is 12.4. The third-order valence-corrected chi connectivity index (χ3v) is 3.87. The zero-order chi connectivity index (χ0) is 15.7. The van der Waals surface area contributed by atoms with Gasteiger partial charge in [0.05, 0.1) is 12.1 Å². The molecule has 2 aromatic rings. The van der Waals surface area contributed by atoms with E-state index in [1.807, 2.05) is 19.1 Å². The summed E-state index contributed by atoms with van der Waals surface area (Å²) in [4.78, 5) is 30.0. The van der Waals surface area contributed by atoms with Gasteiger partial charge in [-0.05, 0) is 24.6 Å². The first-order chi connectivity index (χ1) is 10.6. The monoisotopic (exact) mass is 299 g/mol. The molecule has 1 fully saturated rings. The number of amides is 2. The summed E-state index contributed by atoms with van der Waals surface area (Å²) in [6.45, 7) is 1.83. The summed E-state index contributed by atoms with van der Waals surface area (Å²) in [5.74, 6) is -0.288. The lowest BCUT2D eigenvalue weighted by atomic mass is 10.0. The van der Waals surface area contributed by atoms with E-state index in [9.17, 15) is 9.59 Å². The highest BCUT2D eigenvalue weighted by Gasteiger charge is 2.39. The van der Waals surface area contributed by atoms with Crippen molar-refractivity contribution in [2.24, 2.45) is 0 Å². The number of aromatic nitrogens is 3. The van der Waals surface area contributed by atoms with E-state index in [0.717, 1.165) is 11.3 Å². The minimum atomic E-state index is -0.300. The zero-order valence-electron chi connectivity index (χ0n) is 12.4. The third-order valence-electron chi connectivity index (χ3n) is 3.87. The van der Waals surface area contributed by atoms with Gasteiger partial charge in [-0.3, -0.25) is 19.7 Å². The second-order valence-electron chi connectivity index (χ2n) is 5.46. The Bertz CT molecular complexity index is 697. The summed E-state index contributed by atoms with van der Waals surface area (Å²) < 4.78 is 0. The number of hydrogen-bond acceptors (Lipinski definition) is 4. The van der Waals surface area contributed by atoms with Crippen LogP contribution in [0.3, 0.4) is 0 Å². The fraction of sp³-hybridized carbons (Fsp3) is 0.333. The molecular weight excluding hydrogens is 282 g/mol. The summed E-state index contributed by atoms with van der Waals surface area (Å²) in [7, 11) is 1.74. The molecule has 2 aromatic heterocycles. The number of aryl methyl sites for hydroxylation is 1. The highest BCUT2D eigenvalue weighted by Crippen LogP contribution is 2.31. The van der Waals surface area contributed by atoms with Crippen LogP contribution < -0.4 is 5.32 Å². The van der Waals surface area contributed by atoms with Crippen LogP contribution in [0.25, 0.3) is 0 Å². The topological polar surface area (TPSA) is 91.0 Å². The molecule has 0 bridgehead atoms. The van der Waals surface area contributed by atoms with Crippen molar-refractivity contribution in [2.45, 2.75) is 25.4 Å². The van der Waals surface area contributed by atoms with Gasteiger partial charge in [-0.1, -0.05) is 6.07 Å². The SMILES string of the molecule is Cc1cc(C(=O)N[C@@H]2CC(=O)N(C)[C@H]2c2cccnc2)n[nH]1. The molecule has 1 aliphatic rings. The summed E-state index contributed by atoms with van der Waals surface area (Å²) in [5.41, 5.74) is 2.04. The van der Waals surface area contributed by atoms with Crippen molar-refractivity contribution in [1.29, 1.82) is 0 Å². The highest BCUT2D eigenvalue weighted by atomic mass is 16.2. The summed E-state index contributed by atoms with van der Waals surface area (Å²) >= 11 is 0. The quantitative estimate of drug-likeness (QED) is 0.877. The molecule has 0 spiro atoms. The molecule has 2 atom stereocenters. The highest BCUT2D eigenvalue weighted by molar-refractivity contribution is 5.93. The van der Waals surface area contributed by atoms with Crippen molar-refractivity contribution < 1.29 is 9.59 Å². The lowest BCUT2D eigenvalue weighted by Crippen LogP contribution is -2.39. The van der Waals surface area contributed by atoms with Crippen molar-refractivity contribution in [3.63, 3.8) is 0 Å². The van der Waals surface area contributed by atoms with Gasteiger partial charge >= 0.3 is 0 Å². The van der Waals surface area contributed by atoms with Gasteiger partial charge in [0.25, 0.3) is 5.91 Å². The maximum atomic E-state index is 12.3. The molecule has 114 valence electrons. The lowest BCUT2D eigenvalue weighted by Gasteiger charge is -2.25. The summed E-state index contributed by atoms with van der Waals surface area (Å²) in [6.07, 6.45) is 3.67. The molecule has 7 heteroatoms. The van der Waals surface area contributed by atoms with Crippen LogP contribution in [0.5, 0.6) is 0 Å². The number of aromatic amines is 1. The first-order valence-electron chi connectivity index (χ1n) is 7.04. The lowest BCUT2D eigenvalue weighted by molar-refractivity contribution is -0.127. The Hall–Kier alpha value is -2.70. The maximum absolute atomic E-state index is 12.3. The maximum Gasteiger partial charge on any atom is 0.272 e. The predicted octanol–water partition coefficient (Wildman–Crippen LogP) is 0.815. The molecule has 1 saturated heterocycles. The standard InChI is InChI=1S/C15H17N5O2/c1-9-6-12(19-18-9)15(22)17-11-7-13(21)20(2)14(11)10-4-3-5-16-8-10/h3-6,8,11,14H,7H2,1-2H3,(H,17,22)(H,18,19)/t11-,14+/m1/s1. The van der Waals surface area contributed by atoms with Gasteiger partial charge in [0.1, 0.15) is 5.69 Å². The van der Waals surface area contributed by atoms with Crippen LogP contribution in [-0.4, -0.2) is 45.0 Å². The molecule has 0 aliphatic carbocycles. The van der Waals surface area contributed by atoms with Crippen molar-refractivity contribution in [3.8, 4) is 0 Å². The van der Waals surface area contributed by atoms with E-state index in [1.165, 1.54) is 0 Å². The second-order valence-corrected chi connectivity index (χ2v) is 5.46. The number of pyridine rings is 1. The fourth-order valence-electron chi connectivity index (χ4n) is 2.78. The number of likely N-dealkylation sites (N-methyl/N-ethyl adjacent to an activating group) is 1. The second kappa shape index (κ2) is 5.59. The van der Waals surface area contributed by atoms with Gasteiger partial charge in [0.2, 0.25) is 5.91 Å². The average Bonchev–Trinajstić information content (AvgIpc) is 3.05. The molecule has 2 amide bonds. The van der Waals surface area contributed by atoms with E-state index < -0.39 is 0 Å². The summed E-state index contributed by atoms with van der Waals surface area (Å²) in [5, 5.41) is 9.59. The number of nitrogens with one attached hydrogen (secondary N) is 2. The molecule has 22 heavy (non-hydrogen) atoms. The number of carbonyl (C=O) groups is 2. The predicted molar refractivity (Wildman–Crippen MR) is 78.9 cm³/mol. The fourth-order valence-corrected chi connectivity index (χ4v) is 2.78. The number of rotatable bonds is 3. The Balaban J connectivity index is 1.82. The Labute approximate surface area is 127 Å². The van der Waals surface area contributed by atoms with Crippen molar-refractivity contribution >= 4 is 11.8 Å². The van der Waals surface area contributed by atoms with Crippen LogP contribution in [0, 0.1) is 6.92 Å². The molecule has 3 rings (SSSR count). The van der Waals surface area contributed by atoms with Crippen molar-refractivity contribution in [2.75, 3.05) is 7.05 Å². The number of nitrogens with zero attached hydrogens (tertiary/aromatic N) is 3. The van der Waals surface area contributed by atoms with Crippen LogP contribution in [0.4, 0.5) is 0 Å². The molecule has 0 aromatic carbocycles. The van der Waals surface area contributed by atoms with Crippen LogP contribution in [-0.2, 0) is 4.79 Å². The smallest absolute Gasteiger partial charge is 0.272 e. The summed E-state index contributed by atoms with van der Waals surface area (Å²) in [6, 6.07) is 4.89. The van der Waals surface area contributed by atoms with Crippen LogP contribution in [0.2, 0.25) is 0 Å². The Morgan fingerprint density at radius 1 is 1.50 bits per heavy atom. The van der Waals surface area contributed by atoms with Gasteiger partial charge in [0, 0.05) is 31.6 Å². The molecule has 0 saturated carbocycles. The van der Waals surface area contributed by atoms with Gasteiger partial charge in [-0.2, -0.15) is 5.10 Å². The number of likely N-dealkylation sites (tertiary alicyclic amines) is 1. The van der Waals surface area contributed by atoms with E-state index in [-0.39, 0.29) is 30.3 Å². The molecule has 0 unspecified atom stereocenters. The normalized spacial score (nSPS) is 21.2. The average molecular weight is 299 g/mol. The van der Waals surface area contributed by atoms with E-state index in [2.05, 4.69) is 20.5 Å². The minimum absolute atomic E-state index is 0.00244. The molecule has 3 heterocycles. The van der Waals surface area contributed by atoms with Crippen LogP contribution in [0.1, 0.15) is 34.2 Å². The van der Waals surface area contributed by atoms with Gasteiger partial charge < -0.3 is 10.2 Å². The van der Waals surface area contributed by atoms with Crippen LogP contribution >= 0.6 is 0 Å². The van der Waals surface area contributed by atoms with E-state index in [1.54, 1.807) is 30.4 Å². The third kappa shape index (κ3) is 2.57. The number of hydrogen-bond donors (Lipinski definition) is 2. The van der Waals surface area contributed by atoms with E-state index in [4.69, 9.17) is 0 Å². The van der Waals surface area contributed by atoms with Crippen molar-refractivity contribution in [3.05, 3.63) is 47.5 Å². The largest absolute Gasteiger partial charge is 0.345 e.